The van der Waals surface area contributed by atoms with E-state index in [-0.39, 0.29) is 16.1 Å². The number of hydrogen-bond acceptors (Lipinski definition) is 4. The van der Waals surface area contributed by atoms with Crippen LogP contribution in [0.15, 0.2) is 55.0 Å². The fraction of sp³-hybridized carbons (Fsp3) is 0.480. The Morgan fingerprint density at radius 2 is 2.06 bits per heavy atom. The molecule has 1 fully saturated rings. The first-order valence-corrected chi connectivity index (χ1v) is 11.4. The fourth-order valence-corrected chi connectivity index (χ4v) is 5.06. The molecule has 164 valence electrons. The van der Waals surface area contributed by atoms with E-state index in [0.717, 1.165) is 17.7 Å². The lowest BCUT2D eigenvalue weighted by molar-refractivity contribution is -0.383. The van der Waals surface area contributed by atoms with Crippen LogP contribution < -0.4 is 5.32 Å². The van der Waals surface area contributed by atoms with E-state index in [0.29, 0.717) is 24.1 Å². The van der Waals surface area contributed by atoms with Gasteiger partial charge >= 0.3 is 0 Å². The van der Waals surface area contributed by atoms with Crippen molar-refractivity contribution < 1.29 is 4.92 Å². The van der Waals surface area contributed by atoms with Crippen molar-refractivity contribution in [1.29, 1.82) is 0 Å². The number of hydrogen-bond donors (Lipinski definition) is 1. The second-order valence-corrected chi connectivity index (χ2v) is 9.23. The number of nitro groups is 1. The van der Waals surface area contributed by atoms with E-state index >= 15 is 0 Å². The first-order valence-electron chi connectivity index (χ1n) is 11.4. The van der Waals surface area contributed by atoms with Crippen LogP contribution in [0.25, 0.3) is 11.3 Å². The summed E-state index contributed by atoms with van der Waals surface area (Å²) in [6.45, 7) is 4.87. The van der Waals surface area contributed by atoms with Gasteiger partial charge in [-0.2, -0.15) is 0 Å². The van der Waals surface area contributed by atoms with Crippen molar-refractivity contribution in [3.05, 3.63) is 65.1 Å². The smallest absolute Gasteiger partial charge is 0.292 e. The summed E-state index contributed by atoms with van der Waals surface area (Å²) in [4.78, 5) is 15.8. The number of imidazole rings is 1. The molecule has 0 aliphatic heterocycles. The molecule has 1 atom stereocenters. The van der Waals surface area contributed by atoms with Crippen molar-refractivity contribution in [2.45, 2.75) is 57.9 Å². The molecule has 6 nitrogen and oxygen atoms in total. The third-order valence-corrected chi connectivity index (χ3v) is 6.67. The van der Waals surface area contributed by atoms with Gasteiger partial charge in [0.15, 0.2) is 0 Å². The Bertz CT molecular complexity index is 985. The lowest BCUT2D eigenvalue weighted by atomic mass is 9.71. The standard InChI is InChI=1S/C25H32N4O2/c1-19(2)16-27-22-15-20(11-12-23(22)29(30)31)24-17-26-18-28(24)25(13-7-4-8-14-25)21-9-5-3-6-10-21/h4,7-8,11-13,15,17-19,21,27H,3,5-6,9-10,14,16H2,1-2H3. The average Bonchev–Trinajstić information content (AvgIpc) is 3.29. The molecule has 1 saturated carbocycles. The van der Waals surface area contributed by atoms with Crippen molar-refractivity contribution in [2.75, 3.05) is 11.9 Å². The van der Waals surface area contributed by atoms with Crippen molar-refractivity contribution in [2.24, 2.45) is 11.8 Å². The average molecular weight is 421 g/mol. The van der Waals surface area contributed by atoms with Gasteiger partial charge < -0.3 is 9.88 Å². The minimum absolute atomic E-state index is 0.109. The lowest BCUT2D eigenvalue weighted by Crippen LogP contribution is -2.41. The Labute approximate surface area is 184 Å². The largest absolute Gasteiger partial charge is 0.379 e. The van der Waals surface area contributed by atoms with Crippen LogP contribution in [-0.4, -0.2) is 21.0 Å². The van der Waals surface area contributed by atoms with Gasteiger partial charge in [0.05, 0.1) is 28.7 Å². The van der Waals surface area contributed by atoms with E-state index in [9.17, 15) is 10.1 Å². The Morgan fingerprint density at radius 3 is 2.74 bits per heavy atom. The molecule has 2 aliphatic carbocycles. The second-order valence-electron chi connectivity index (χ2n) is 9.23. The van der Waals surface area contributed by atoms with Crippen LogP contribution in [0.4, 0.5) is 11.4 Å². The normalized spacial score (nSPS) is 21.5. The highest BCUT2D eigenvalue weighted by Gasteiger charge is 2.39. The molecule has 0 spiro atoms. The van der Waals surface area contributed by atoms with E-state index in [1.165, 1.54) is 32.1 Å². The molecular formula is C25H32N4O2. The summed E-state index contributed by atoms with van der Waals surface area (Å²) in [7, 11) is 0. The number of nitrogens with one attached hydrogen (secondary N) is 1. The Hall–Kier alpha value is -2.89. The Balaban J connectivity index is 1.76. The molecule has 6 heteroatoms. The maximum atomic E-state index is 11.6. The maximum absolute atomic E-state index is 11.6. The number of benzene rings is 1. The van der Waals surface area contributed by atoms with Gasteiger partial charge in [-0.3, -0.25) is 10.1 Å². The van der Waals surface area contributed by atoms with Crippen LogP contribution >= 0.6 is 0 Å². The highest BCUT2D eigenvalue weighted by atomic mass is 16.6. The molecule has 2 aromatic rings. The Morgan fingerprint density at radius 1 is 1.26 bits per heavy atom. The third-order valence-electron chi connectivity index (χ3n) is 6.67. The Kier molecular flexibility index (Phi) is 6.25. The summed E-state index contributed by atoms with van der Waals surface area (Å²) < 4.78 is 2.32. The molecule has 4 rings (SSSR count). The van der Waals surface area contributed by atoms with Gasteiger partial charge in [0, 0.05) is 18.2 Å². The third kappa shape index (κ3) is 4.29. The summed E-state index contributed by atoms with van der Waals surface area (Å²) >= 11 is 0. The summed E-state index contributed by atoms with van der Waals surface area (Å²) in [6.07, 6.45) is 20.0. The molecule has 1 heterocycles. The predicted octanol–water partition coefficient (Wildman–Crippen LogP) is 6.32. The highest BCUT2D eigenvalue weighted by molar-refractivity contribution is 5.72. The monoisotopic (exact) mass is 420 g/mol. The molecule has 31 heavy (non-hydrogen) atoms. The topological polar surface area (TPSA) is 73.0 Å². The van der Waals surface area contributed by atoms with Crippen molar-refractivity contribution in [3.63, 3.8) is 0 Å². The molecular weight excluding hydrogens is 388 g/mol. The maximum Gasteiger partial charge on any atom is 0.292 e. The van der Waals surface area contributed by atoms with E-state index in [1.54, 1.807) is 6.07 Å². The van der Waals surface area contributed by atoms with Crippen LogP contribution in [0.5, 0.6) is 0 Å². The van der Waals surface area contributed by atoms with Crippen LogP contribution in [0, 0.1) is 22.0 Å². The first-order chi connectivity index (χ1) is 15.0. The number of rotatable bonds is 7. The summed E-state index contributed by atoms with van der Waals surface area (Å²) in [5.41, 5.74) is 2.50. The fourth-order valence-electron chi connectivity index (χ4n) is 5.06. The second kappa shape index (κ2) is 9.08. The van der Waals surface area contributed by atoms with Crippen LogP contribution in [0.1, 0.15) is 52.4 Å². The molecule has 1 aromatic heterocycles. The van der Waals surface area contributed by atoms with E-state index < -0.39 is 0 Å². The predicted molar refractivity (Wildman–Crippen MR) is 125 cm³/mol. The van der Waals surface area contributed by atoms with Crippen LogP contribution in [0.2, 0.25) is 0 Å². The minimum Gasteiger partial charge on any atom is -0.379 e. The van der Waals surface area contributed by atoms with E-state index in [1.807, 2.05) is 24.7 Å². The molecule has 0 radical (unpaired) electrons. The zero-order valence-electron chi connectivity index (χ0n) is 18.5. The molecule has 0 bridgehead atoms. The zero-order chi connectivity index (χ0) is 21.8. The van der Waals surface area contributed by atoms with E-state index in [2.05, 4.69) is 53.0 Å². The summed E-state index contributed by atoms with van der Waals surface area (Å²) in [6, 6.07) is 5.37. The van der Waals surface area contributed by atoms with Crippen molar-refractivity contribution in [1.82, 2.24) is 9.55 Å². The quantitative estimate of drug-likeness (QED) is 0.420. The van der Waals surface area contributed by atoms with Gasteiger partial charge in [0.1, 0.15) is 5.69 Å². The molecule has 1 N–H and O–H groups in total. The number of allylic oxidation sites excluding steroid dienone is 4. The van der Waals surface area contributed by atoms with Crippen LogP contribution in [0.3, 0.4) is 0 Å². The zero-order valence-corrected chi connectivity index (χ0v) is 18.5. The SMILES string of the molecule is CC(C)CNc1cc(-c2cncn2C2(C3CCCCC3)C=CC=CC2)ccc1[N+](=O)[O-]. The van der Waals surface area contributed by atoms with Crippen molar-refractivity contribution >= 4 is 11.4 Å². The number of nitro benzene ring substituents is 1. The number of anilines is 1. The van der Waals surface area contributed by atoms with E-state index in [4.69, 9.17) is 0 Å². The lowest BCUT2D eigenvalue weighted by Gasteiger charge is -2.43. The molecule has 1 unspecified atom stereocenters. The summed E-state index contributed by atoms with van der Waals surface area (Å²) in [5, 5.41) is 14.8. The minimum atomic E-state index is -0.318. The van der Waals surface area contributed by atoms with Gasteiger partial charge in [0.2, 0.25) is 0 Å². The number of aromatic nitrogens is 2. The molecule has 0 amide bonds. The van der Waals surface area contributed by atoms with Gasteiger partial charge in [-0.25, -0.2) is 4.98 Å². The molecule has 0 saturated heterocycles. The molecule has 1 aromatic carbocycles. The van der Waals surface area contributed by atoms with Gasteiger partial charge in [-0.1, -0.05) is 57.4 Å². The highest BCUT2D eigenvalue weighted by Crippen LogP contribution is 2.45. The van der Waals surface area contributed by atoms with Gasteiger partial charge in [-0.15, -0.1) is 0 Å². The number of nitrogens with zero attached hydrogens (tertiary/aromatic N) is 3. The van der Waals surface area contributed by atoms with Gasteiger partial charge in [0.25, 0.3) is 5.69 Å². The summed E-state index contributed by atoms with van der Waals surface area (Å²) in [5.74, 6) is 0.953. The van der Waals surface area contributed by atoms with Crippen molar-refractivity contribution in [3.8, 4) is 11.3 Å². The van der Waals surface area contributed by atoms with Crippen LogP contribution in [-0.2, 0) is 5.54 Å². The first kappa shape index (κ1) is 21.3. The molecule has 2 aliphatic rings. The van der Waals surface area contributed by atoms with Gasteiger partial charge in [-0.05, 0) is 43.2 Å².